The molecule has 1 amide bonds. The van der Waals surface area contributed by atoms with Crippen molar-refractivity contribution in [3.8, 4) is 6.07 Å². The molecule has 0 fully saturated rings. The predicted octanol–water partition coefficient (Wildman–Crippen LogP) is 1.41. The van der Waals surface area contributed by atoms with Gasteiger partial charge >= 0.3 is 0 Å². The van der Waals surface area contributed by atoms with E-state index in [4.69, 9.17) is 14.8 Å². The number of hydrogen-bond acceptors (Lipinski definition) is 5. The minimum Gasteiger partial charge on any atom is -0.444 e. The Hall–Kier alpha value is -1.84. The fourth-order valence-corrected chi connectivity index (χ4v) is 1.95. The highest BCUT2D eigenvalue weighted by Gasteiger charge is 2.17. The van der Waals surface area contributed by atoms with E-state index in [1.165, 1.54) is 0 Å². The summed E-state index contributed by atoms with van der Waals surface area (Å²) in [6.07, 6.45) is 0.899. The van der Waals surface area contributed by atoms with Gasteiger partial charge in [0.1, 0.15) is 17.4 Å². The topological polar surface area (TPSA) is 89.5 Å². The Kier molecular flexibility index (Phi) is 6.22. The minimum absolute atomic E-state index is 0.00962. The highest BCUT2D eigenvalue weighted by Crippen LogP contribution is 2.25. The van der Waals surface area contributed by atoms with Crippen LogP contribution in [0.4, 0.5) is 5.88 Å². The van der Waals surface area contributed by atoms with Gasteiger partial charge < -0.3 is 9.52 Å². The molecule has 0 spiro atoms. The Morgan fingerprint density at radius 3 is 2.70 bits per heavy atom. The summed E-state index contributed by atoms with van der Waals surface area (Å²) < 4.78 is 5.39. The number of anilines is 1. The van der Waals surface area contributed by atoms with Crippen LogP contribution in [0.15, 0.2) is 4.42 Å². The van der Waals surface area contributed by atoms with E-state index in [1.54, 1.807) is 13.8 Å². The third kappa shape index (κ3) is 4.08. The van der Waals surface area contributed by atoms with Gasteiger partial charge in [-0.3, -0.25) is 15.0 Å². The number of nitrogens with zero attached hydrogens (tertiary/aromatic N) is 2. The Morgan fingerprint density at radius 1 is 1.45 bits per heavy atom. The van der Waals surface area contributed by atoms with Crippen LogP contribution in [0.5, 0.6) is 0 Å². The predicted molar refractivity (Wildman–Crippen MR) is 75.3 cm³/mol. The molecule has 6 nitrogen and oxygen atoms in total. The van der Waals surface area contributed by atoms with E-state index < -0.39 is 0 Å². The Labute approximate surface area is 119 Å². The Bertz CT molecular complexity index is 496. The molecule has 0 bridgehead atoms. The quantitative estimate of drug-likeness (QED) is 0.787. The van der Waals surface area contributed by atoms with Crippen LogP contribution in [-0.4, -0.2) is 42.2 Å². The van der Waals surface area contributed by atoms with Crippen molar-refractivity contribution in [3.05, 3.63) is 16.9 Å². The van der Waals surface area contributed by atoms with Crippen LogP contribution < -0.4 is 5.32 Å². The van der Waals surface area contributed by atoms with Crippen LogP contribution in [0.3, 0.4) is 0 Å². The van der Waals surface area contributed by atoms with Crippen LogP contribution in [0.2, 0.25) is 0 Å². The maximum Gasteiger partial charge on any atom is 0.240 e. The molecule has 0 atom stereocenters. The van der Waals surface area contributed by atoms with E-state index in [9.17, 15) is 4.79 Å². The fraction of sp³-hybridized carbons (Fsp3) is 0.571. The van der Waals surface area contributed by atoms with Crippen LogP contribution in [0, 0.1) is 25.2 Å². The van der Waals surface area contributed by atoms with Crippen molar-refractivity contribution in [1.29, 1.82) is 5.26 Å². The molecule has 2 N–H and O–H groups in total. The third-order valence-electron chi connectivity index (χ3n) is 3.07. The van der Waals surface area contributed by atoms with Gasteiger partial charge in [-0.05, 0) is 26.8 Å². The number of aliphatic hydroxyl groups is 1. The zero-order valence-corrected chi connectivity index (χ0v) is 12.2. The van der Waals surface area contributed by atoms with E-state index >= 15 is 0 Å². The summed E-state index contributed by atoms with van der Waals surface area (Å²) in [6.45, 7) is 6.89. The minimum atomic E-state index is -0.253. The molecule has 0 aliphatic rings. The summed E-state index contributed by atoms with van der Waals surface area (Å²) in [5.74, 6) is 0.572. The van der Waals surface area contributed by atoms with Crippen molar-refractivity contribution >= 4 is 11.8 Å². The first-order valence-corrected chi connectivity index (χ1v) is 6.66. The Balaban J connectivity index is 2.71. The largest absolute Gasteiger partial charge is 0.444 e. The molecule has 0 aromatic carbocycles. The number of hydrogen-bond donors (Lipinski definition) is 2. The summed E-state index contributed by atoms with van der Waals surface area (Å²) in [5, 5.41) is 20.6. The molecule has 0 unspecified atom stereocenters. The number of nitriles is 1. The summed E-state index contributed by atoms with van der Waals surface area (Å²) in [4.78, 5) is 13.8. The molecule has 0 radical (unpaired) electrons. The SMILES string of the molecule is CCCN(CCO)CC(=O)Nc1oc(C)c(C)c1C#N. The van der Waals surface area contributed by atoms with Crippen LogP contribution >= 0.6 is 0 Å². The molecule has 6 heteroatoms. The second-order valence-corrected chi connectivity index (χ2v) is 4.65. The highest BCUT2D eigenvalue weighted by molar-refractivity contribution is 5.92. The van der Waals surface area contributed by atoms with Gasteiger partial charge in [-0.2, -0.15) is 5.26 Å². The number of aliphatic hydroxyl groups excluding tert-OH is 1. The summed E-state index contributed by atoms with van der Waals surface area (Å²) in [6, 6.07) is 2.03. The van der Waals surface area contributed by atoms with Crippen LogP contribution in [0.1, 0.15) is 30.2 Å². The maximum atomic E-state index is 12.0. The number of aryl methyl sites for hydroxylation is 1. The highest BCUT2D eigenvalue weighted by atomic mass is 16.4. The molecule has 1 rings (SSSR count). The van der Waals surface area contributed by atoms with Gasteiger partial charge in [0.2, 0.25) is 11.8 Å². The van der Waals surface area contributed by atoms with Crippen LogP contribution in [0.25, 0.3) is 0 Å². The molecule has 1 aromatic rings. The van der Waals surface area contributed by atoms with Crippen molar-refractivity contribution in [2.45, 2.75) is 27.2 Å². The molecule has 0 aliphatic carbocycles. The number of rotatable bonds is 7. The van der Waals surface area contributed by atoms with Crippen molar-refractivity contribution in [2.24, 2.45) is 0 Å². The van der Waals surface area contributed by atoms with E-state index in [1.807, 2.05) is 17.9 Å². The molecular formula is C14H21N3O3. The number of furan rings is 1. The molecule has 0 saturated carbocycles. The lowest BCUT2D eigenvalue weighted by Gasteiger charge is -2.19. The molecule has 20 heavy (non-hydrogen) atoms. The zero-order chi connectivity index (χ0) is 15.1. The molecular weight excluding hydrogens is 258 g/mol. The first kappa shape index (κ1) is 16.2. The number of nitrogens with one attached hydrogen (secondary N) is 1. The monoisotopic (exact) mass is 279 g/mol. The van der Waals surface area contributed by atoms with E-state index in [2.05, 4.69) is 5.32 Å². The summed E-state index contributed by atoms with van der Waals surface area (Å²) in [5.41, 5.74) is 1.10. The van der Waals surface area contributed by atoms with Crippen molar-refractivity contribution in [2.75, 3.05) is 31.6 Å². The van der Waals surface area contributed by atoms with Gasteiger partial charge in [0, 0.05) is 12.1 Å². The standard InChI is InChI=1S/C14H21N3O3/c1-4-5-17(6-7-18)9-13(19)16-14-12(8-15)10(2)11(3)20-14/h18H,4-7,9H2,1-3H3,(H,16,19). The second-order valence-electron chi connectivity index (χ2n) is 4.65. The van der Waals surface area contributed by atoms with Gasteiger partial charge in [0.15, 0.2) is 0 Å². The number of carbonyl (C=O) groups excluding carboxylic acids is 1. The first-order valence-electron chi connectivity index (χ1n) is 6.66. The molecule has 1 aromatic heterocycles. The lowest BCUT2D eigenvalue weighted by molar-refractivity contribution is -0.117. The molecule has 0 saturated heterocycles. The van der Waals surface area contributed by atoms with Gasteiger partial charge in [-0.15, -0.1) is 0 Å². The number of carbonyl (C=O) groups is 1. The van der Waals surface area contributed by atoms with Gasteiger partial charge in [0.05, 0.1) is 13.2 Å². The lowest BCUT2D eigenvalue weighted by atomic mass is 10.2. The Morgan fingerprint density at radius 2 is 2.15 bits per heavy atom. The molecule has 110 valence electrons. The average Bonchev–Trinajstić information content (AvgIpc) is 2.64. The molecule has 0 aliphatic heterocycles. The normalized spacial score (nSPS) is 10.6. The van der Waals surface area contributed by atoms with Crippen molar-refractivity contribution < 1.29 is 14.3 Å². The zero-order valence-electron chi connectivity index (χ0n) is 12.2. The van der Waals surface area contributed by atoms with Gasteiger partial charge in [-0.1, -0.05) is 6.92 Å². The van der Waals surface area contributed by atoms with E-state index in [-0.39, 0.29) is 24.9 Å². The first-order chi connectivity index (χ1) is 9.53. The maximum absolute atomic E-state index is 12.0. The summed E-state index contributed by atoms with van der Waals surface area (Å²) in [7, 11) is 0. The van der Waals surface area contributed by atoms with Crippen LogP contribution in [-0.2, 0) is 4.79 Å². The average molecular weight is 279 g/mol. The molecule has 1 heterocycles. The van der Waals surface area contributed by atoms with Gasteiger partial charge in [0.25, 0.3) is 0 Å². The van der Waals surface area contributed by atoms with E-state index in [0.717, 1.165) is 18.5 Å². The summed E-state index contributed by atoms with van der Waals surface area (Å²) >= 11 is 0. The fourth-order valence-electron chi connectivity index (χ4n) is 1.95. The smallest absolute Gasteiger partial charge is 0.240 e. The van der Waals surface area contributed by atoms with E-state index in [0.29, 0.717) is 17.9 Å². The number of amides is 1. The van der Waals surface area contributed by atoms with Crippen molar-refractivity contribution in [1.82, 2.24) is 4.90 Å². The van der Waals surface area contributed by atoms with Crippen molar-refractivity contribution in [3.63, 3.8) is 0 Å². The third-order valence-corrected chi connectivity index (χ3v) is 3.07. The van der Waals surface area contributed by atoms with Gasteiger partial charge in [-0.25, -0.2) is 0 Å². The lowest BCUT2D eigenvalue weighted by Crippen LogP contribution is -2.35. The second kappa shape index (κ2) is 7.68.